The fourth-order valence-electron chi connectivity index (χ4n) is 1.67. The van der Waals surface area contributed by atoms with Gasteiger partial charge in [-0.2, -0.15) is 0 Å². The number of nitrogens with one attached hydrogen (secondary N) is 1. The number of amides is 1. The molecule has 1 aromatic rings. The van der Waals surface area contributed by atoms with Gasteiger partial charge in [0.2, 0.25) is 5.91 Å². The van der Waals surface area contributed by atoms with Crippen molar-refractivity contribution in [2.45, 2.75) is 30.4 Å². The zero-order chi connectivity index (χ0) is 11.7. The summed E-state index contributed by atoms with van der Waals surface area (Å²) in [6.07, 6.45) is 0.549. The number of thioether (sulfide) groups is 1. The molecule has 0 radical (unpaired) electrons. The third-order valence-electron chi connectivity index (χ3n) is 2.65. The van der Waals surface area contributed by atoms with E-state index in [2.05, 4.69) is 19.2 Å². The molecule has 2 rings (SSSR count). The van der Waals surface area contributed by atoms with Crippen LogP contribution in [0.5, 0.6) is 0 Å². The summed E-state index contributed by atoms with van der Waals surface area (Å²) in [4.78, 5) is 12.8. The van der Waals surface area contributed by atoms with Crippen molar-refractivity contribution in [2.75, 3.05) is 5.32 Å². The van der Waals surface area contributed by atoms with E-state index < -0.39 is 0 Å². The average molecular weight is 256 g/mol. The lowest BCUT2D eigenvalue weighted by Crippen LogP contribution is -2.18. The first-order chi connectivity index (χ1) is 7.58. The summed E-state index contributed by atoms with van der Waals surface area (Å²) in [7, 11) is 0. The van der Waals surface area contributed by atoms with E-state index in [0.29, 0.717) is 22.6 Å². The maximum Gasteiger partial charge on any atom is 0.225 e. The molecule has 16 heavy (non-hydrogen) atoms. The highest BCUT2D eigenvalue weighted by Gasteiger charge is 2.25. The molecule has 1 aliphatic heterocycles. The van der Waals surface area contributed by atoms with Crippen LogP contribution in [-0.4, -0.2) is 11.2 Å². The van der Waals surface area contributed by atoms with Gasteiger partial charge in [0.15, 0.2) is 0 Å². The van der Waals surface area contributed by atoms with Crippen molar-refractivity contribution in [1.82, 2.24) is 0 Å². The maximum absolute atomic E-state index is 11.7. The Kier molecular flexibility index (Phi) is 3.45. The van der Waals surface area contributed by atoms with Gasteiger partial charge in [-0.3, -0.25) is 4.79 Å². The number of anilines is 1. The predicted molar refractivity (Wildman–Crippen MR) is 69.2 cm³/mol. The SMILES string of the molecule is CC(C)C1CC(=O)Nc2c(Cl)cccc2S1. The van der Waals surface area contributed by atoms with Gasteiger partial charge in [-0.05, 0) is 18.1 Å². The lowest BCUT2D eigenvalue weighted by molar-refractivity contribution is -0.116. The Balaban J connectivity index is 2.39. The predicted octanol–water partition coefficient (Wildman–Crippen LogP) is 3.80. The van der Waals surface area contributed by atoms with Gasteiger partial charge in [-0.15, -0.1) is 11.8 Å². The largest absolute Gasteiger partial charge is 0.324 e. The quantitative estimate of drug-likeness (QED) is 0.827. The van der Waals surface area contributed by atoms with Crippen LogP contribution < -0.4 is 5.32 Å². The molecular formula is C12H14ClNOS. The monoisotopic (exact) mass is 255 g/mol. The first kappa shape index (κ1) is 11.8. The minimum atomic E-state index is 0.0537. The van der Waals surface area contributed by atoms with Gasteiger partial charge < -0.3 is 5.32 Å². The van der Waals surface area contributed by atoms with Crippen molar-refractivity contribution in [3.05, 3.63) is 23.2 Å². The molecule has 1 unspecified atom stereocenters. The standard InChI is InChI=1S/C12H14ClNOS/c1-7(2)10-6-11(15)14-12-8(13)4-3-5-9(12)16-10/h3-5,7,10H,6H2,1-2H3,(H,14,15). The minimum Gasteiger partial charge on any atom is -0.324 e. The number of hydrogen-bond acceptors (Lipinski definition) is 2. The van der Waals surface area contributed by atoms with Crippen LogP contribution in [0.25, 0.3) is 0 Å². The Morgan fingerprint density at radius 3 is 2.94 bits per heavy atom. The molecule has 1 aliphatic rings. The lowest BCUT2D eigenvalue weighted by Gasteiger charge is -2.16. The fourth-order valence-corrected chi connectivity index (χ4v) is 3.22. The summed E-state index contributed by atoms with van der Waals surface area (Å²) >= 11 is 7.82. The van der Waals surface area contributed by atoms with E-state index in [-0.39, 0.29) is 5.91 Å². The van der Waals surface area contributed by atoms with Crippen LogP contribution in [0.15, 0.2) is 23.1 Å². The molecule has 1 aromatic carbocycles. The van der Waals surface area contributed by atoms with E-state index in [4.69, 9.17) is 11.6 Å². The molecule has 0 bridgehead atoms. The van der Waals surface area contributed by atoms with Gasteiger partial charge in [0.25, 0.3) is 0 Å². The smallest absolute Gasteiger partial charge is 0.225 e. The summed E-state index contributed by atoms with van der Waals surface area (Å²) < 4.78 is 0. The van der Waals surface area contributed by atoms with Crippen LogP contribution in [0, 0.1) is 5.92 Å². The van der Waals surface area contributed by atoms with Crippen molar-refractivity contribution in [2.24, 2.45) is 5.92 Å². The third-order valence-corrected chi connectivity index (χ3v) is 4.57. The lowest BCUT2D eigenvalue weighted by atomic mass is 10.1. The number of para-hydroxylation sites is 1. The number of carbonyl (C=O) groups is 1. The maximum atomic E-state index is 11.7. The Morgan fingerprint density at radius 2 is 2.25 bits per heavy atom. The summed E-state index contributed by atoms with van der Waals surface area (Å²) in [5, 5.41) is 3.82. The van der Waals surface area contributed by atoms with Crippen molar-refractivity contribution in [3.63, 3.8) is 0 Å². The van der Waals surface area contributed by atoms with Crippen LogP contribution in [-0.2, 0) is 4.79 Å². The highest BCUT2D eigenvalue weighted by atomic mass is 35.5. The van der Waals surface area contributed by atoms with Crippen molar-refractivity contribution in [3.8, 4) is 0 Å². The summed E-state index contributed by atoms with van der Waals surface area (Å²) in [5.74, 6) is 0.527. The highest BCUT2D eigenvalue weighted by molar-refractivity contribution is 8.00. The van der Waals surface area contributed by atoms with Gasteiger partial charge in [0.1, 0.15) is 0 Å². The molecule has 4 heteroatoms. The number of hydrogen-bond donors (Lipinski definition) is 1. The molecule has 0 aromatic heterocycles. The molecule has 2 nitrogen and oxygen atoms in total. The average Bonchev–Trinajstić information content (AvgIpc) is 2.38. The van der Waals surface area contributed by atoms with E-state index in [1.165, 1.54) is 0 Å². The van der Waals surface area contributed by atoms with Crippen molar-refractivity contribution in [1.29, 1.82) is 0 Å². The molecule has 0 fully saturated rings. The molecule has 1 heterocycles. The number of carbonyl (C=O) groups excluding carboxylic acids is 1. The first-order valence-corrected chi connectivity index (χ1v) is 6.58. The van der Waals surface area contributed by atoms with Gasteiger partial charge in [-0.25, -0.2) is 0 Å². The number of rotatable bonds is 1. The van der Waals surface area contributed by atoms with E-state index >= 15 is 0 Å². The number of halogens is 1. The number of benzene rings is 1. The van der Waals surface area contributed by atoms with Gasteiger partial charge in [0.05, 0.1) is 10.7 Å². The molecule has 86 valence electrons. The second kappa shape index (κ2) is 4.68. The minimum absolute atomic E-state index is 0.0537. The van der Waals surface area contributed by atoms with E-state index in [0.717, 1.165) is 10.6 Å². The first-order valence-electron chi connectivity index (χ1n) is 5.33. The molecular weight excluding hydrogens is 242 g/mol. The summed E-state index contributed by atoms with van der Waals surface area (Å²) in [6, 6.07) is 5.73. The molecule has 1 atom stereocenters. The molecule has 0 spiro atoms. The second-order valence-corrected chi connectivity index (χ2v) is 5.95. The normalized spacial score (nSPS) is 20.2. The Hall–Kier alpha value is -0.670. The van der Waals surface area contributed by atoms with Gasteiger partial charge in [0, 0.05) is 16.6 Å². The van der Waals surface area contributed by atoms with Crippen LogP contribution in [0.3, 0.4) is 0 Å². The molecule has 0 aliphatic carbocycles. The van der Waals surface area contributed by atoms with Crippen molar-refractivity contribution >= 4 is 35.0 Å². The molecule has 0 saturated heterocycles. The molecule has 1 N–H and O–H groups in total. The van der Waals surface area contributed by atoms with E-state index in [1.807, 2.05) is 12.1 Å². The zero-order valence-electron chi connectivity index (χ0n) is 9.29. The Morgan fingerprint density at radius 1 is 1.50 bits per heavy atom. The van der Waals surface area contributed by atoms with Gasteiger partial charge >= 0.3 is 0 Å². The highest BCUT2D eigenvalue weighted by Crippen LogP contribution is 2.41. The van der Waals surface area contributed by atoms with Gasteiger partial charge in [-0.1, -0.05) is 31.5 Å². The Labute approximate surface area is 105 Å². The van der Waals surface area contributed by atoms with E-state index in [1.54, 1.807) is 17.8 Å². The van der Waals surface area contributed by atoms with Crippen LogP contribution in [0.4, 0.5) is 5.69 Å². The van der Waals surface area contributed by atoms with E-state index in [9.17, 15) is 4.79 Å². The van der Waals surface area contributed by atoms with Crippen LogP contribution in [0.2, 0.25) is 5.02 Å². The molecule has 1 amide bonds. The van der Waals surface area contributed by atoms with Crippen molar-refractivity contribution < 1.29 is 4.79 Å². The fraction of sp³-hybridized carbons (Fsp3) is 0.417. The summed E-state index contributed by atoms with van der Waals surface area (Å²) in [6.45, 7) is 4.28. The van der Waals surface area contributed by atoms with Crippen LogP contribution >= 0.6 is 23.4 Å². The van der Waals surface area contributed by atoms with Crippen LogP contribution in [0.1, 0.15) is 20.3 Å². The second-order valence-electron chi connectivity index (χ2n) is 4.27. The zero-order valence-corrected chi connectivity index (χ0v) is 10.9. The topological polar surface area (TPSA) is 29.1 Å². The third kappa shape index (κ3) is 2.36. The summed E-state index contributed by atoms with van der Waals surface area (Å²) in [5.41, 5.74) is 0.766. The Bertz CT molecular complexity index is 419. The molecule has 0 saturated carbocycles. The number of fused-ring (bicyclic) bond motifs is 1.